The van der Waals surface area contributed by atoms with Crippen molar-refractivity contribution in [3.05, 3.63) is 95.3 Å². The fraction of sp³-hybridized carbons (Fsp3) is 0.130. The molecule has 0 saturated heterocycles. The Bertz CT molecular complexity index is 1110. The molecule has 0 aliphatic heterocycles. The summed E-state index contributed by atoms with van der Waals surface area (Å²) in [5.74, 6) is 0.966. The molecule has 0 aliphatic carbocycles. The van der Waals surface area contributed by atoms with Gasteiger partial charge >= 0.3 is 0 Å². The molecule has 0 fully saturated rings. The van der Waals surface area contributed by atoms with Crippen molar-refractivity contribution in [1.29, 1.82) is 0 Å². The maximum Gasteiger partial charge on any atom is 0.196 e. The summed E-state index contributed by atoms with van der Waals surface area (Å²) in [4.78, 5) is 0. The zero-order valence-electron chi connectivity index (χ0n) is 15.8. The highest BCUT2D eigenvalue weighted by Gasteiger charge is 2.18. The molecule has 0 N–H and O–H groups in total. The van der Waals surface area contributed by atoms with Gasteiger partial charge in [-0.3, -0.25) is 4.57 Å². The molecule has 0 saturated carbocycles. The monoisotopic (exact) mass is 389 g/mol. The number of benzene rings is 3. The first-order chi connectivity index (χ1) is 13.6. The van der Waals surface area contributed by atoms with Gasteiger partial charge in [-0.05, 0) is 54.8 Å². The Morgan fingerprint density at radius 3 is 2.36 bits per heavy atom. The average Bonchev–Trinajstić information content (AvgIpc) is 3.13. The van der Waals surface area contributed by atoms with Gasteiger partial charge in [-0.25, -0.2) is 4.39 Å². The number of hydrogen-bond acceptors (Lipinski definition) is 3. The molecule has 0 amide bonds. The zero-order valence-corrected chi connectivity index (χ0v) is 16.6. The van der Waals surface area contributed by atoms with Crippen LogP contribution in [-0.4, -0.2) is 14.8 Å². The van der Waals surface area contributed by atoms with Gasteiger partial charge in [0.25, 0.3) is 0 Å². The normalized spacial score (nSPS) is 11.0. The van der Waals surface area contributed by atoms with Crippen molar-refractivity contribution < 1.29 is 4.39 Å². The summed E-state index contributed by atoms with van der Waals surface area (Å²) in [6, 6.07) is 23.0. The van der Waals surface area contributed by atoms with Crippen molar-refractivity contribution in [2.24, 2.45) is 0 Å². The summed E-state index contributed by atoms with van der Waals surface area (Å²) in [5, 5.41) is 9.43. The van der Waals surface area contributed by atoms with Crippen LogP contribution < -0.4 is 0 Å². The summed E-state index contributed by atoms with van der Waals surface area (Å²) in [7, 11) is 0. The molecule has 4 aromatic rings. The first-order valence-electron chi connectivity index (χ1n) is 9.08. The lowest BCUT2D eigenvalue weighted by molar-refractivity contribution is 0.629. The number of rotatable bonds is 5. The summed E-state index contributed by atoms with van der Waals surface area (Å²) in [6.07, 6.45) is 0. The van der Waals surface area contributed by atoms with Gasteiger partial charge in [0.1, 0.15) is 5.82 Å². The topological polar surface area (TPSA) is 30.7 Å². The molecule has 0 radical (unpaired) electrons. The van der Waals surface area contributed by atoms with E-state index >= 15 is 0 Å². The maximum atomic E-state index is 14.4. The first-order valence-corrected chi connectivity index (χ1v) is 10.1. The molecule has 5 heteroatoms. The van der Waals surface area contributed by atoms with Crippen molar-refractivity contribution in [1.82, 2.24) is 14.8 Å². The molecule has 3 nitrogen and oxygen atoms in total. The van der Waals surface area contributed by atoms with Crippen LogP contribution in [-0.2, 0) is 5.75 Å². The van der Waals surface area contributed by atoms with Crippen LogP contribution in [0.4, 0.5) is 4.39 Å². The standard InChI is InChI=1S/C23H20FN3S/c1-16-12-13-18(14-17(16)2)15-28-23-26-25-22(20-10-6-7-11-21(20)24)27(23)19-8-4-3-5-9-19/h3-14H,15H2,1-2H3. The predicted octanol–water partition coefficient (Wildman–Crippen LogP) is 5.98. The summed E-state index contributed by atoms with van der Waals surface area (Å²) >= 11 is 1.60. The van der Waals surface area contributed by atoms with Crippen molar-refractivity contribution in [3.8, 4) is 17.1 Å². The van der Waals surface area contributed by atoms with E-state index in [9.17, 15) is 4.39 Å². The van der Waals surface area contributed by atoms with Crippen molar-refractivity contribution in [2.45, 2.75) is 24.8 Å². The first kappa shape index (κ1) is 18.4. The highest BCUT2D eigenvalue weighted by Crippen LogP contribution is 2.31. The third-order valence-electron chi connectivity index (χ3n) is 4.70. The molecule has 0 spiro atoms. The summed E-state index contributed by atoms with van der Waals surface area (Å²) < 4.78 is 16.3. The fourth-order valence-electron chi connectivity index (χ4n) is 3.03. The molecule has 1 aromatic heterocycles. The van der Waals surface area contributed by atoms with Crippen LogP contribution in [0.25, 0.3) is 17.1 Å². The average molecular weight is 389 g/mol. The Morgan fingerprint density at radius 2 is 1.61 bits per heavy atom. The predicted molar refractivity (Wildman–Crippen MR) is 112 cm³/mol. The molecule has 140 valence electrons. The Hall–Kier alpha value is -2.92. The minimum atomic E-state index is -0.308. The smallest absolute Gasteiger partial charge is 0.196 e. The Balaban J connectivity index is 1.73. The quantitative estimate of drug-likeness (QED) is 0.393. The van der Waals surface area contributed by atoms with Crippen molar-refractivity contribution in [2.75, 3.05) is 0 Å². The van der Waals surface area contributed by atoms with E-state index < -0.39 is 0 Å². The highest BCUT2D eigenvalue weighted by molar-refractivity contribution is 7.98. The second-order valence-electron chi connectivity index (χ2n) is 6.66. The molecule has 0 bridgehead atoms. The van der Waals surface area contributed by atoms with Crippen LogP contribution in [0.3, 0.4) is 0 Å². The number of thioether (sulfide) groups is 1. The van der Waals surface area contributed by atoms with Crippen LogP contribution in [0.1, 0.15) is 16.7 Å². The van der Waals surface area contributed by atoms with Gasteiger partial charge in [0, 0.05) is 11.4 Å². The van der Waals surface area contributed by atoms with Gasteiger partial charge in [-0.2, -0.15) is 0 Å². The van der Waals surface area contributed by atoms with E-state index in [2.05, 4.69) is 42.2 Å². The van der Waals surface area contributed by atoms with Gasteiger partial charge in [-0.1, -0.05) is 60.3 Å². The second kappa shape index (κ2) is 7.98. The van der Waals surface area contributed by atoms with Gasteiger partial charge in [0.2, 0.25) is 0 Å². The van der Waals surface area contributed by atoms with Gasteiger partial charge in [0.15, 0.2) is 11.0 Å². The lowest BCUT2D eigenvalue weighted by Gasteiger charge is -2.11. The van der Waals surface area contributed by atoms with Crippen LogP contribution in [0.5, 0.6) is 0 Å². The maximum absolute atomic E-state index is 14.4. The van der Waals surface area contributed by atoms with E-state index in [0.29, 0.717) is 11.4 Å². The van der Waals surface area contributed by atoms with Crippen LogP contribution in [0, 0.1) is 19.7 Å². The summed E-state index contributed by atoms with van der Waals surface area (Å²) in [5.41, 5.74) is 5.13. The Kier molecular flexibility index (Phi) is 5.26. The molecule has 1 heterocycles. The molecular weight excluding hydrogens is 369 g/mol. The molecule has 28 heavy (non-hydrogen) atoms. The van der Waals surface area contributed by atoms with Crippen LogP contribution >= 0.6 is 11.8 Å². The Morgan fingerprint density at radius 1 is 0.857 bits per heavy atom. The van der Waals surface area contributed by atoms with E-state index in [1.807, 2.05) is 41.0 Å². The van der Waals surface area contributed by atoms with Gasteiger partial charge < -0.3 is 0 Å². The number of nitrogens with zero attached hydrogens (tertiary/aromatic N) is 3. The van der Waals surface area contributed by atoms with E-state index in [1.54, 1.807) is 23.9 Å². The molecule has 0 atom stereocenters. The number of para-hydroxylation sites is 1. The molecule has 3 aromatic carbocycles. The molecule has 0 unspecified atom stereocenters. The minimum absolute atomic E-state index is 0.308. The van der Waals surface area contributed by atoms with Crippen LogP contribution in [0.2, 0.25) is 0 Å². The molecule has 4 rings (SSSR count). The number of hydrogen-bond donors (Lipinski definition) is 0. The summed E-state index contributed by atoms with van der Waals surface area (Å²) in [6.45, 7) is 4.23. The van der Waals surface area contributed by atoms with E-state index in [1.165, 1.54) is 22.8 Å². The second-order valence-corrected chi connectivity index (χ2v) is 7.61. The highest BCUT2D eigenvalue weighted by atomic mass is 32.2. The number of aryl methyl sites for hydroxylation is 2. The third-order valence-corrected chi connectivity index (χ3v) is 5.70. The number of halogens is 1. The van der Waals surface area contributed by atoms with Crippen LogP contribution in [0.15, 0.2) is 78.0 Å². The largest absolute Gasteiger partial charge is 0.270 e. The lowest BCUT2D eigenvalue weighted by Crippen LogP contribution is -2.00. The molecule has 0 aliphatic rings. The van der Waals surface area contributed by atoms with E-state index in [0.717, 1.165) is 16.6 Å². The van der Waals surface area contributed by atoms with Crippen molar-refractivity contribution in [3.63, 3.8) is 0 Å². The lowest BCUT2D eigenvalue weighted by atomic mass is 10.1. The third kappa shape index (κ3) is 3.71. The van der Waals surface area contributed by atoms with E-state index in [-0.39, 0.29) is 5.82 Å². The van der Waals surface area contributed by atoms with Gasteiger partial charge in [-0.15, -0.1) is 10.2 Å². The SMILES string of the molecule is Cc1ccc(CSc2nnc(-c3ccccc3F)n2-c2ccccc2)cc1C. The Labute approximate surface area is 168 Å². The minimum Gasteiger partial charge on any atom is -0.270 e. The van der Waals surface area contributed by atoms with E-state index in [4.69, 9.17) is 0 Å². The van der Waals surface area contributed by atoms with Gasteiger partial charge in [0.05, 0.1) is 5.56 Å². The fourth-order valence-corrected chi connectivity index (χ4v) is 3.93. The number of aromatic nitrogens is 3. The van der Waals surface area contributed by atoms with Crippen molar-refractivity contribution >= 4 is 11.8 Å². The zero-order chi connectivity index (χ0) is 19.5. The molecular formula is C23H20FN3S.